The molecule has 0 saturated heterocycles. The molecule has 3 heteroatoms. The fraction of sp³-hybridized carbons (Fsp3) is 0.0333. The Bertz CT molecular complexity index is 3630. The highest BCUT2D eigenvalue weighted by Crippen LogP contribution is 2.63. The van der Waals surface area contributed by atoms with Crippen LogP contribution in [0.5, 0.6) is 0 Å². The van der Waals surface area contributed by atoms with Gasteiger partial charge in [-0.05, 0) is 123 Å². The molecular formula is C60H40N2S. The topological polar surface area (TPSA) is 19.0 Å². The Hall–Kier alpha value is -7.72. The van der Waals surface area contributed by atoms with E-state index in [0.29, 0.717) is 0 Å². The summed E-state index contributed by atoms with van der Waals surface area (Å²) in [5, 5.41) is 5.09. The molecule has 2 aromatic heterocycles. The first-order valence-corrected chi connectivity index (χ1v) is 22.6. The summed E-state index contributed by atoms with van der Waals surface area (Å²) in [6, 6.07) is 72.3. The molecule has 0 fully saturated rings. The van der Waals surface area contributed by atoms with Crippen molar-refractivity contribution in [3.05, 3.63) is 240 Å². The molecule has 1 spiro atoms. The van der Waals surface area contributed by atoms with Gasteiger partial charge < -0.3 is 9.88 Å². The molecule has 0 aliphatic heterocycles. The van der Waals surface area contributed by atoms with E-state index in [2.05, 4.69) is 235 Å². The van der Waals surface area contributed by atoms with Crippen LogP contribution in [-0.4, -0.2) is 4.98 Å². The van der Waals surface area contributed by atoms with Crippen LogP contribution in [0.4, 0.5) is 17.1 Å². The highest BCUT2D eigenvalue weighted by molar-refractivity contribution is 7.26. The third-order valence-electron chi connectivity index (χ3n) is 13.5. The molecule has 2 aliphatic rings. The zero-order chi connectivity index (χ0) is 41.6. The molecule has 296 valence electrons. The number of hydrogen-bond donors (Lipinski definition) is 1. The van der Waals surface area contributed by atoms with E-state index >= 15 is 0 Å². The van der Waals surface area contributed by atoms with E-state index in [4.69, 9.17) is 0 Å². The number of nitrogens with zero attached hydrogens (tertiary/aromatic N) is 1. The van der Waals surface area contributed by atoms with Crippen molar-refractivity contribution in [2.45, 2.75) is 12.3 Å². The number of benzene rings is 9. The lowest BCUT2D eigenvalue weighted by Gasteiger charge is -2.32. The maximum atomic E-state index is 3.86. The number of fused-ring (bicyclic) bond motifs is 17. The van der Waals surface area contributed by atoms with Crippen molar-refractivity contribution in [2.75, 3.05) is 4.90 Å². The molecule has 2 heterocycles. The summed E-state index contributed by atoms with van der Waals surface area (Å²) in [7, 11) is 0. The van der Waals surface area contributed by atoms with Crippen molar-refractivity contribution >= 4 is 76.5 Å². The number of allylic oxidation sites excluding steroid dienone is 3. The Morgan fingerprint density at radius 1 is 0.460 bits per heavy atom. The van der Waals surface area contributed by atoms with E-state index < -0.39 is 5.41 Å². The van der Waals surface area contributed by atoms with Crippen LogP contribution in [0.15, 0.2) is 212 Å². The van der Waals surface area contributed by atoms with Gasteiger partial charge in [-0.15, -0.1) is 11.3 Å². The summed E-state index contributed by atoms with van der Waals surface area (Å²) in [6.45, 7) is 2.06. The van der Waals surface area contributed by atoms with E-state index in [-0.39, 0.29) is 0 Å². The predicted molar refractivity (Wildman–Crippen MR) is 269 cm³/mol. The van der Waals surface area contributed by atoms with Crippen LogP contribution in [0.1, 0.15) is 34.7 Å². The van der Waals surface area contributed by atoms with Crippen LogP contribution < -0.4 is 4.90 Å². The molecule has 0 radical (unpaired) electrons. The summed E-state index contributed by atoms with van der Waals surface area (Å²) in [5.41, 5.74) is 19.4. The third-order valence-corrected chi connectivity index (χ3v) is 14.7. The molecule has 0 unspecified atom stereocenters. The quantitative estimate of drug-likeness (QED) is 0.166. The Kier molecular flexibility index (Phi) is 7.94. The van der Waals surface area contributed by atoms with E-state index in [0.717, 1.165) is 28.1 Å². The lowest BCUT2D eigenvalue weighted by atomic mass is 9.70. The fourth-order valence-electron chi connectivity index (χ4n) is 10.9. The van der Waals surface area contributed by atoms with Gasteiger partial charge in [-0.25, -0.2) is 0 Å². The molecule has 0 bridgehead atoms. The van der Waals surface area contributed by atoms with E-state index in [1.807, 2.05) is 11.3 Å². The van der Waals surface area contributed by atoms with Crippen molar-refractivity contribution in [3.8, 4) is 33.4 Å². The van der Waals surface area contributed by atoms with Gasteiger partial charge in [-0.1, -0.05) is 164 Å². The number of anilines is 3. The van der Waals surface area contributed by atoms with Crippen molar-refractivity contribution in [1.29, 1.82) is 0 Å². The van der Waals surface area contributed by atoms with Gasteiger partial charge in [0.05, 0.1) is 5.41 Å². The number of rotatable bonds is 6. The summed E-state index contributed by atoms with van der Waals surface area (Å²) >= 11 is 1.88. The van der Waals surface area contributed by atoms with Crippen LogP contribution in [0.3, 0.4) is 0 Å². The van der Waals surface area contributed by atoms with E-state index in [1.54, 1.807) is 0 Å². The Morgan fingerprint density at radius 3 is 1.76 bits per heavy atom. The summed E-state index contributed by atoms with van der Waals surface area (Å²) in [4.78, 5) is 6.32. The first-order valence-electron chi connectivity index (χ1n) is 21.8. The largest absolute Gasteiger partial charge is 0.354 e. The van der Waals surface area contributed by atoms with Crippen molar-refractivity contribution in [3.63, 3.8) is 0 Å². The standard InChI is InChI=1S/C60H40N2S/c1-2-3-5-18-40-35-55-57(58-48-22-11-15-26-56(48)63-59(40)58)49-36-42(32-34-54(49)61-55)62(41-29-27-39(28-30-41)38-16-6-4-7-17-38)43-31-33-47-46-21-10-14-25-52(46)60(53(47)37-43)50-23-12-8-19-44(50)45-20-9-13-24-51(45)60/h2-37,61H,1H3/b3-2-,18-5-. The number of nitrogens with one attached hydrogen (secondary N) is 1. The minimum absolute atomic E-state index is 0.441. The van der Waals surface area contributed by atoms with Crippen molar-refractivity contribution in [2.24, 2.45) is 0 Å². The molecule has 0 atom stereocenters. The van der Waals surface area contributed by atoms with Crippen LogP contribution in [0.2, 0.25) is 0 Å². The molecular weight excluding hydrogens is 781 g/mol. The van der Waals surface area contributed by atoms with Crippen molar-refractivity contribution in [1.82, 2.24) is 4.98 Å². The average molecular weight is 821 g/mol. The number of aromatic nitrogens is 1. The Balaban J connectivity index is 1.07. The predicted octanol–water partition coefficient (Wildman–Crippen LogP) is 16.8. The van der Waals surface area contributed by atoms with Gasteiger partial charge in [0.25, 0.3) is 0 Å². The van der Waals surface area contributed by atoms with Crippen LogP contribution in [0, 0.1) is 0 Å². The minimum atomic E-state index is -0.441. The zero-order valence-electron chi connectivity index (χ0n) is 34.6. The van der Waals surface area contributed by atoms with Gasteiger partial charge >= 0.3 is 0 Å². The molecule has 1 N–H and O–H groups in total. The monoisotopic (exact) mass is 820 g/mol. The minimum Gasteiger partial charge on any atom is -0.354 e. The van der Waals surface area contributed by atoms with Gasteiger partial charge in [-0.3, -0.25) is 0 Å². The summed E-state index contributed by atoms with van der Waals surface area (Å²) < 4.78 is 2.61. The van der Waals surface area contributed by atoms with Gasteiger partial charge in [0.1, 0.15) is 0 Å². The van der Waals surface area contributed by atoms with Crippen molar-refractivity contribution < 1.29 is 0 Å². The Labute approximate surface area is 370 Å². The molecule has 13 rings (SSSR count). The Morgan fingerprint density at radius 2 is 1.05 bits per heavy atom. The lowest BCUT2D eigenvalue weighted by molar-refractivity contribution is 0.793. The van der Waals surface area contributed by atoms with E-state index in [9.17, 15) is 0 Å². The third kappa shape index (κ3) is 5.18. The second kappa shape index (κ2) is 13.9. The molecule has 2 nitrogen and oxygen atoms in total. The SMILES string of the molecule is C/C=C\C=C/c1cc2[nH]c3ccc(N(c4ccc(-c5ccccc5)cc4)c4ccc5c(c4)C4(c6ccccc6-c6ccccc64)c4ccccc4-5)cc3c2c2c1sc1ccccc12. The maximum Gasteiger partial charge on any atom is 0.0726 e. The number of aromatic amines is 1. The molecule has 11 aromatic rings. The first-order chi connectivity index (χ1) is 31.2. The molecule has 63 heavy (non-hydrogen) atoms. The van der Waals surface area contributed by atoms with Crippen LogP contribution in [-0.2, 0) is 5.41 Å². The summed E-state index contributed by atoms with van der Waals surface area (Å²) in [6.07, 6.45) is 8.57. The number of thiophene rings is 1. The maximum absolute atomic E-state index is 3.86. The van der Waals surface area contributed by atoms with Gasteiger partial charge in [0, 0.05) is 59.0 Å². The van der Waals surface area contributed by atoms with Gasteiger partial charge in [0.2, 0.25) is 0 Å². The fourth-order valence-corrected chi connectivity index (χ4v) is 12.1. The molecule has 0 amide bonds. The number of H-pyrrole nitrogens is 1. The van der Waals surface area contributed by atoms with Gasteiger partial charge in [0.15, 0.2) is 0 Å². The average Bonchev–Trinajstić information content (AvgIpc) is 4.07. The molecule has 0 saturated carbocycles. The second-order valence-electron chi connectivity index (χ2n) is 16.8. The molecule has 9 aromatic carbocycles. The van der Waals surface area contributed by atoms with E-state index in [1.165, 1.54) is 92.1 Å². The first kappa shape index (κ1) is 36.0. The second-order valence-corrected chi connectivity index (χ2v) is 17.8. The number of hydrogen-bond acceptors (Lipinski definition) is 2. The van der Waals surface area contributed by atoms with Gasteiger partial charge in [-0.2, -0.15) is 0 Å². The highest BCUT2D eigenvalue weighted by atomic mass is 32.1. The normalized spacial score (nSPS) is 13.5. The highest BCUT2D eigenvalue weighted by Gasteiger charge is 2.51. The summed E-state index contributed by atoms with van der Waals surface area (Å²) in [5.74, 6) is 0. The lowest BCUT2D eigenvalue weighted by Crippen LogP contribution is -2.26. The molecule has 2 aliphatic carbocycles. The zero-order valence-corrected chi connectivity index (χ0v) is 35.5. The van der Waals surface area contributed by atoms with Crippen LogP contribution in [0.25, 0.3) is 81.4 Å². The smallest absolute Gasteiger partial charge is 0.0726 e. The van der Waals surface area contributed by atoms with Crippen LogP contribution >= 0.6 is 11.3 Å².